The molecule has 3 rings (SSSR count). The lowest BCUT2D eigenvalue weighted by Crippen LogP contribution is -2.51. The summed E-state index contributed by atoms with van der Waals surface area (Å²) in [5, 5.41) is 9.97. The monoisotopic (exact) mass is 396 g/mol. The van der Waals surface area contributed by atoms with Crippen LogP contribution in [-0.2, 0) is 19.1 Å². The number of carboxylic acids is 1. The Morgan fingerprint density at radius 3 is 2.33 bits per heavy atom. The smallest absolute Gasteiger partial charge is 0.310 e. The standard InChI is InChI=1S/C18H21ClN2O6/c1-8-5-10(6-9(2)16(8)19)26-7-13(22)20-21-17(23)14-11-3-4-12(27-11)15(14)18(24)25/h5-6,11-12,14-15H,3-4,7H2,1-2H3,(H,20,22)(H,21,23)(H,24,25)/t11-,12-,14+,15-/m0/s1. The molecule has 2 bridgehead atoms. The molecule has 0 spiro atoms. The molecule has 0 aromatic heterocycles. The summed E-state index contributed by atoms with van der Waals surface area (Å²) >= 11 is 6.09. The van der Waals surface area contributed by atoms with E-state index in [1.54, 1.807) is 12.1 Å². The van der Waals surface area contributed by atoms with Gasteiger partial charge in [0.25, 0.3) is 5.91 Å². The molecule has 2 amide bonds. The molecular weight excluding hydrogens is 376 g/mol. The second-order valence-electron chi connectivity index (χ2n) is 6.88. The van der Waals surface area contributed by atoms with Crippen molar-refractivity contribution in [1.82, 2.24) is 10.9 Å². The van der Waals surface area contributed by atoms with Gasteiger partial charge in [-0.05, 0) is 49.9 Å². The fraction of sp³-hybridized carbons (Fsp3) is 0.500. The topological polar surface area (TPSA) is 114 Å². The van der Waals surface area contributed by atoms with Crippen molar-refractivity contribution in [3.63, 3.8) is 0 Å². The van der Waals surface area contributed by atoms with E-state index < -0.39 is 41.8 Å². The number of benzene rings is 1. The first-order valence-corrected chi connectivity index (χ1v) is 9.02. The molecule has 2 aliphatic rings. The largest absolute Gasteiger partial charge is 0.484 e. The van der Waals surface area contributed by atoms with Crippen molar-refractivity contribution in [3.05, 3.63) is 28.3 Å². The van der Waals surface area contributed by atoms with Crippen LogP contribution in [0.25, 0.3) is 0 Å². The first-order chi connectivity index (χ1) is 12.8. The average molecular weight is 397 g/mol. The molecule has 3 N–H and O–H groups in total. The van der Waals surface area contributed by atoms with Gasteiger partial charge in [-0.15, -0.1) is 0 Å². The quantitative estimate of drug-likeness (QED) is 0.647. The first-order valence-electron chi connectivity index (χ1n) is 8.64. The second kappa shape index (κ2) is 7.74. The van der Waals surface area contributed by atoms with Gasteiger partial charge in [-0.1, -0.05) is 11.6 Å². The van der Waals surface area contributed by atoms with Crippen molar-refractivity contribution in [2.24, 2.45) is 11.8 Å². The molecule has 2 saturated heterocycles. The zero-order valence-corrected chi connectivity index (χ0v) is 15.7. The number of aryl methyl sites for hydroxylation is 2. The highest BCUT2D eigenvalue weighted by molar-refractivity contribution is 6.32. The Bertz CT molecular complexity index is 760. The molecule has 27 heavy (non-hydrogen) atoms. The molecular formula is C18H21ClN2O6. The summed E-state index contributed by atoms with van der Waals surface area (Å²) < 4.78 is 10.9. The van der Waals surface area contributed by atoms with Gasteiger partial charge < -0.3 is 14.6 Å². The Labute approximate surface area is 161 Å². The van der Waals surface area contributed by atoms with E-state index in [1.807, 2.05) is 13.8 Å². The van der Waals surface area contributed by atoms with Crippen LogP contribution in [0.5, 0.6) is 5.75 Å². The SMILES string of the molecule is Cc1cc(OCC(=O)NNC(=O)[C@H]2[C@@H](C(=O)O)[C@@H]3CC[C@@H]2O3)cc(C)c1Cl. The number of fused-ring (bicyclic) bond motifs is 2. The summed E-state index contributed by atoms with van der Waals surface area (Å²) in [5.41, 5.74) is 6.19. The van der Waals surface area contributed by atoms with Crippen LogP contribution in [0.1, 0.15) is 24.0 Å². The fourth-order valence-corrected chi connectivity index (χ4v) is 3.82. The third kappa shape index (κ3) is 4.01. The Balaban J connectivity index is 1.50. The molecule has 4 atom stereocenters. The summed E-state index contributed by atoms with van der Waals surface area (Å²) in [5.74, 6) is -3.42. The summed E-state index contributed by atoms with van der Waals surface area (Å²) in [6, 6.07) is 3.43. The van der Waals surface area contributed by atoms with Crippen molar-refractivity contribution in [2.75, 3.05) is 6.61 Å². The average Bonchev–Trinajstić information content (AvgIpc) is 3.23. The molecule has 0 radical (unpaired) electrons. The van der Waals surface area contributed by atoms with Gasteiger partial charge in [0, 0.05) is 5.02 Å². The number of hydrogen-bond acceptors (Lipinski definition) is 5. The summed E-state index contributed by atoms with van der Waals surface area (Å²) in [7, 11) is 0. The van der Waals surface area contributed by atoms with Gasteiger partial charge >= 0.3 is 5.97 Å². The normalized spacial score (nSPS) is 25.9. The minimum Gasteiger partial charge on any atom is -0.484 e. The van der Waals surface area contributed by atoms with E-state index in [1.165, 1.54) is 0 Å². The zero-order valence-electron chi connectivity index (χ0n) is 15.0. The molecule has 0 aliphatic carbocycles. The molecule has 0 saturated carbocycles. The first kappa shape index (κ1) is 19.4. The van der Waals surface area contributed by atoms with E-state index in [4.69, 9.17) is 21.1 Å². The number of hydrazine groups is 1. The van der Waals surface area contributed by atoms with Crippen molar-refractivity contribution in [3.8, 4) is 5.75 Å². The molecule has 0 unspecified atom stereocenters. The number of ether oxygens (including phenoxy) is 2. The minimum atomic E-state index is -1.06. The van der Waals surface area contributed by atoms with E-state index in [0.717, 1.165) is 11.1 Å². The Morgan fingerprint density at radius 2 is 1.74 bits per heavy atom. The molecule has 8 nitrogen and oxygen atoms in total. The lowest BCUT2D eigenvalue weighted by atomic mass is 9.79. The van der Waals surface area contributed by atoms with Crippen LogP contribution in [0.4, 0.5) is 0 Å². The van der Waals surface area contributed by atoms with Crippen LogP contribution in [0.2, 0.25) is 5.02 Å². The fourth-order valence-electron chi connectivity index (χ4n) is 3.71. The van der Waals surface area contributed by atoms with Gasteiger partial charge in [0.1, 0.15) is 5.75 Å². The zero-order chi connectivity index (χ0) is 19.7. The van der Waals surface area contributed by atoms with E-state index in [-0.39, 0.29) is 6.61 Å². The molecule has 9 heteroatoms. The van der Waals surface area contributed by atoms with E-state index in [2.05, 4.69) is 10.9 Å². The third-order valence-electron chi connectivity index (χ3n) is 4.97. The molecule has 2 heterocycles. The number of halogens is 1. The van der Waals surface area contributed by atoms with Crippen LogP contribution in [0.15, 0.2) is 12.1 Å². The molecule has 1 aromatic carbocycles. The second-order valence-corrected chi connectivity index (χ2v) is 7.26. The van der Waals surface area contributed by atoms with Crippen LogP contribution in [-0.4, -0.2) is 41.7 Å². The third-order valence-corrected chi connectivity index (χ3v) is 5.56. The van der Waals surface area contributed by atoms with Gasteiger partial charge in [0.05, 0.1) is 24.0 Å². The van der Waals surface area contributed by atoms with Gasteiger partial charge in [-0.2, -0.15) is 0 Å². The van der Waals surface area contributed by atoms with Crippen molar-refractivity contribution < 1.29 is 29.0 Å². The highest BCUT2D eigenvalue weighted by Gasteiger charge is 2.55. The van der Waals surface area contributed by atoms with Crippen molar-refractivity contribution in [1.29, 1.82) is 0 Å². The number of hydrogen-bond donors (Lipinski definition) is 3. The number of rotatable bonds is 5. The predicted molar refractivity (Wildman–Crippen MR) is 95.2 cm³/mol. The molecule has 2 aliphatic heterocycles. The number of aliphatic carboxylic acids is 1. The highest BCUT2D eigenvalue weighted by Crippen LogP contribution is 2.43. The Hall–Kier alpha value is -2.32. The van der Waals surface area contributed by atoms with Crippen LogP contribution in [0, 0.1) is 25.7 Å². The van der Waals surface area contributed by atoms with E-state index >= 15 is 0 Å². The van der Waals surface area contributed by atoms with Crippen molar-refractivity contribution in [2.45, 2.75) is 38.9 Å². The summed E-state index contributed by atoms with van der Waals surface area (Å²) in [6.07, 6.45) is 0.396. The Morgan fingerprint density at radius 1 is 1.15 bits per heavy atom. The molecule has 146 valence electrons. The van der Waals surface area contributed by atoms with Gasteiger partial charge in [-0.3, -0.25) is 25.2 Å². The molecule has 1 aromatic rings. The molecule has 2 fully saturated rings. The predicted octanol–water partition coefficient (Wildman–Crippen LogP) is 1.36. The summed E-state index contributed by atoms with van der Waals surface area (Å²) in [6.45, 7) is 3.36. The lowest BCUT2D eigenvalue weighted by Gasteiger charge is -2.23. The maximum atomic E-state index is 12.3. The number of amides is 2. The van der Waals surface area contributed by atoms with Gasteiger partial charge in [-0.25, -0.2) is 0 Å². The van der Waals surface area contributed by atoms with Gasteiger partial charge in [0.15, 0.2) is 6.61 Å². The number of carbonyl (C=O) groups excluding carboxylic acids is 2. The maximum Gasteiger partial charge on any atom is 0.310 e. The van der Waals surface area contributed by atoms with Crippen LogP contribution < -0.4 is 15.6 Å². The highest BCUT2D eigenvalue weighted by atomic mass is 35.5. The lowest BCUT2D eigenvalue weighted by molar-refractivity contribution is -0.148. The number of carbonyl (C=O) groups is 3. The Kier molecular flexibility index (Phi) is 5.57. The number of nitrogens with one attached hydrogen (secondary N) is 2. The summed E-state index contributed by atoms with van der Waals surface area (Å²) in [4.78, 5) is 35.7. The maximum absolute atomic E-state index is 12.3. The van der Waals surface area contributed by atoms with Crippen LogP contribution >= 0.6 is 11.6 Å². The van der Waals surface area contributed by atoms with Crippen LogP contribution in [0.3, 0.4) is 0 Å². The van der Waals surface area contributed by atoms with E-state index in [9.17, 15) is 19.5 Å². The minimum absolute atomic E-state index is 0.309. The number of carboxylic acid groups (broad SMARTS) is 1. The van der Waals surface area contributed by atoms with E-state index in [0.29, 0.717) is 23.6 Å². The van der Waals surface area contributed by atoms with Gasteiger partial charge in [0.2, 0.25) is 5.91 Å². The van der Waals surface area contributed by atoms with Crippen molar-refractivity contribution >= 4 is 29.4 Å².